The third kappa shape index (κ3) is 3.63. The summed E-state index contributed by atoms with van der Waals surface area (Å²) in [5, 5.41) is 0. The van der Waals surface area contributed by atoms with Crippen LogP contribution in [0.3, 0.4) is 0 Å². The predicted octanol–water partition coefficient (Wildman–Crippen LogP) is 4.25. The minimum absolute atomic E-state index is 0.116. The van der Waals surface area contributed by atoms with Gasteiger partial charge in [-0.15, -0.1) is 0 Å². The molecule has 0 aliphatic heterocycles. The Morgan fingerprint density at radius 3 is 2.41 bits per heavy atom. The summed E-state index contributed by atoms with van der Waals surface area (Å²) in [6, 6.07) is 4.87. The van der Waals surface area contributed by atoms with E-state index in [1.165, 1.54) is 6.07 Å². The minimum atomic E-state index is -0.191. The zero-order chi connectivity index (χ0) is 12.9. The van der Waals surface area contributed by atoms with Gasteiger partial charge in [-0.3, -0.25) is 0 Å². The van der Waals surface area contributed by atoms with Gasteiger partial charge >= 0.3 is 0 Å². The van der Waals surface area contributed by atoms with Crippen LogP contribution in [0.15, 0.2) is 18.2 Å². The minimum Gasteiger partial charge on any atom is -0.493 e. The first-order chi connectivity index (χ1) is 8.06. The number of halogens is 1. The van der Waals surface area contributed by atoms with E-state index in [1.54, 1.807) is 19.1 Å². The van der Waals surface area contributed by atoms with Crippen molar-refractivity contribution in [2.24, 2.45) is 5.41 Å². The number of aryl methyl sites for hydroxylation is 1. The molecule has 0 saturated carbocycles. The first-order valence-electron chi connectivity index (χ1n) is 6.06. The molecule has 0 aliphatic rings. The maximum atomic E-state index is 13.1. The monoisotopic (exact) mass is 256 g/mol. The molecule has 0 amide bonds. The quantitative estimate of drug-likeness (QED) is 0.749. The number of benzene rings is 1. The molecule has 1 rings (SSSR count). The Morgan fingerprint density at radius 1 is 1.29 bits per heavy atom. The Hall–Kier alpha value is -0.700. The SMILES string of the molecule is CCC(CC)(CS)COc1ccc(F)c(C)c1. The van der Waals surface area contributed by atoms with Crippen molar-refractivity contribution in [1.82, 2.24) is 0 Å². The Kier molecular flexibility index (Phi) is 5.31. The molecule has 1 nitrogen and oxygen atoms in total. The Balaban J connectivity index is 2.68. The molecule has 17 heavy (non-hydrogen) atoms. The normalized spacial score (nSPS) is 11.6. The van der Waals surface area contributed by atoms with E-state index >= 15 is 0 Å². The number of rotatable bonds is 6. The van der Waals surface area contributed by atoms with E-state index in [4.69, 9.17) is 4.74 Å². The van der Waals surface area contributed by atoms with Crippen LogP contribution in [-0.4, -0.2) is 12.4 Å². The number of ether oxygens (including phenoxy) is 1. The Morgan fingerprint density at radius 2 is 1.94 bits per heavy atom. The van der Waals surface area contributed by atoms with Crippen LogP contribution in [0.1, 0.15) is 32.3 Å². The van der Waals surface area contributed by atoms with Crippen molar-refractivity contribution < 1.29 is 9.13 Å². The lowest BCUT2D eigenvalue weighted by Crippen LogP contribution is -2.29. The van der Waals surface area contributed by atoms with Gasteiger partial charge in [-0.1, -0.05) is 13.8 Å². The van der Waals surface area contributed by atoms with E-state index < -0.39 is 0 Å². The van der Waals surface area contributed by atoms with Crippen LogP contribution in [0.2, 0.25) is 0 Å². The predicted molar refractivity (Wildman–Crippen MR) is 73.5 cm³/mol. The van der Waals surface area contributed by atoms with E-state index in [1.807, 2.05) is 0 Å². The molecule has 0 fully saturated rings. The fourth-order valence-electron chi connectivity index (χ4n) is 1.67. The highest BCUT2D eigenvalue weighted by Gasteiger charge is 2.25. The van der Waals surface area contributed by atoms with Crippen LogP contribution in [-0.2, 0) is 0 Å². The molecule has 0 saturated heterocycles. The van der Waals surface area contributed by atoms with Gasteiger partial charge < -0.3 is 4.74 Å². The van der Waals surface area contributed by atoms with Crippen molar-refractivity contribution >= 4 is 12.6 Å². The molecule has 0 radical (unpaired) electrons. The largest absolute Gasteiger partial charge is 0.493 e. The molecule has 0 N–H and O–H groups in total. The van der Waals surface area contributed by atoms with Gasteiger partial charge in [-0.2, -0.15) is 12.6 Å². The van der Waals surface area contributed by atoms with E-state index in [-0.39, 0.29) is 11.2 Å². The molecule has 0 unspecified atom stereocenters. The van der Waals surface area contributed by atoms with E-state index in [0.717, 1.165) is 24.3 Å². The van der Waals surface area contributed by atoms with Crippen molar-refractivity contribution in [1.29, 1.82) is 0 Å². The van der Waals surface area contributed by atoms with Crippen molar-refractivity contribution in [3.05, 3.63) is 29.6 Å². The van der Waals surface area contributed by atoms with Gasteiger partial charge in [0.2, 0.25) is 0 Å². The molecule has 96 valence electrons. The lowest BCUT2D eigenvalue weighted by Gasteiger charge is -2.29. The van der Waals surface area contributed by atoms with Crippen LogP contribution in [0.5, 0.6) is 5.75 Å². The van der Waals surface area contributed by atoms with Gasteiger partial charge in [0.15, 0.2) is 0 Å². The molecule has 0 spiro atoms. The van der Waals surface area contributed by atoms with Gasteiger partial charge in [0.25, 0.3) is 0 Å². The molecule has 1 aromatic carbocycles. The molecule has 0 aromatic heterocycles. The van der Waals surface area contributed by atoms with Crippen molar-refractivity contribution in [2.75, 3.05) is 12.4 Å². The molecule has 1 aromatic rings. The van der Waals surface area contributed by atoms with Crippen molar-refractivity contribution in [3.63, 3.8) is 0 Å². The Bertz CT molecular complexity index is 353. The van der Waals surface area contributed by atoms with Gasteiger partial charge in [0.1, 0.15) is 11.6 Å². The van der Waals surface area contributed by atoms with Gasteiger partial charge in [0.05, 0.1) is 6.61 Å². The van der Waals surface area contributed by atoms with Crippen LogP contribution >= 0.6 is 12.6 Å². The highest BCUT2D eigenvalue weighted by atomic mass is 32.1. The van der Waals surface area contributed by atoms with Crippen LogP contribution in [0.4, 0.5) is 4.39 Å². The van der Waals surface area contributed by atoms with Crippen LogP contribution < -0.4 is 4.74 Å². The second kappa shape index (κ2) is 6.29. The number of thiol groups is 1. The summed E-state index contributed by atoms with van der Waals surface area (Å²) in [6.45, 7) is 6.68. The molecule has 0 heterocycles. The first-order valence-corrected chi connectivity index (χ1v) is 6.70. The van der Waals surface area contributed by atoms with Gasteiger partial charge in [-0.05, 0) is 49.3 Å². The second-order valence-electron chi connectivity index (χ2n) is 4.56. The second-order valence-corrected chi connectivity index (χ2v) is 4.88. The zero-order valence-electron chi connectivity index (χ0n) is 10.8. The maximum absolute atomic E-state index is 13.1. The van der Waals surface area contributed by atoms with E-state index in [2.05, 4.69) is 26.5 Å². The molecule has 0 aliphatic carbocycles. The van der Waals surface area contributed by atoms with E-state index in [0.29, 0.717) is 12.2 Å². The van der Waals surface area contributed by atoms with Crippen LogP contribution in [0.25, 0.3) is 0 Å². The van der Waals surface area contributed by atoms with Crippen molar-refractivity contribution in [3.8, 4) is 5.75 Å². The first kappa shape index (κ1) is 14.4. The molecular weight excluding hydrogens is 235 g/mol. The summed E-state index contributed by atoms with van der Waals surface area (Å²) >= 11 is 4.40. The van der Waals surface area contributed by atoms with Crippen LogP contribution in [0, 0.1) is 18.2 Å². The van der Waals surface area contributed by atoms with Gasteiger partial charge in [-0.25, -0.2) is 4.39 Å². The summed E-state index contributed by atoms with van der Waals surface area (Å²) in [4.78, 5) is 0. The summed E-state index contributed by atoms with van der Waals surface area (Å²) in [5.74, 6) is 1.35. The third-order valence-corrected chi connectivity index (χ3v) is 4.18. The fraction of sp³-hybridized carbons (Fsp3) is 0.571. The average molecular weight is 256 g/mol. The average Bonchev–Trinajstić information content (AvgIpc) is 2.36. The Labute approximate surface area is 109 Å². The molecule has 3 heteroatoms. The highest BCUT2D eigenvalue weighted by Crippen LogP contribution is 2.29. The lowest BCUT2D eigenvalue weighted by molar-refractivity contribution is 0.157. The van der Waals surface area contributed by atoms with E-state index in [9.17, 15) is 4.39 Å². The number of hydrogen-bond acceptors (Lipinski definition) is 2. The summed E-state index contributed by atoms with van der Waals surface area (Å²) in [6.07, 6.45) is 2.07. The zero-order valence-corrected chi connectivity index (χ0v) is 11.7. The lowest BCUT2D eigenvalue weighted by atomic mass is 9.85. The van der Waals surface area contributed by atoms with Crippen molar-refractivity contribution in [2.45, 2.75) is 33.6 Å². The van der Waals surface area contributed by atoms with Gasteiger partial charge in [0, 0.05) is 5.41 Å². The topological polar surface area (TPSA) is 9.23 Å². The smallest absolute Gasteiger partial charge is 0.126 e. The fourth-order valence-corrected chi connectivity index (χ4v) is 2.21. The maximum Gasteiger partial charge on any atom is 0.126 e. The summed E-state index contributed by atoms with van der Waals surface area (Å²) < 4.78 is 18.9. The third-order valence-electron chi connectivity index (χ3n) is 3.51. The summed E-state index contributed by atoms with van der Waals surface area (Å²) in [5.41, 5.74) is 0.734. The molecular formula is C14H21FOS. The molecule has 0 bridgehead atoms. The number of hydrogen-bond donors (Lipinski definition) is 1. The summed E-state index contributed by atoms with van der Waals surface area (Å²) in [7, 11) is 0. The standard InChI is InChI=1S/C14H21FOS/c1-4-14(5-2,10-17)9-16-12-6-7-13(15)11(3)8-12/h6-8,17H,4-5,9-10H2,1-3H3. The molecule has 0 atom stereocenters. The highest BCUT2D eigenvalue weighted by molar-refractivity contribution is 7.80.